The summed E-state index contributed by atoms with van der Waals surface area (Å²) in [6.07, 6.45) is 0.100. The predicted octanol–water partition coefficient (Wildman–Crippen LogP) is -0.119. The number of methoxy groups -OCH3 is 1. The van der Waals surface area contributed by atoms with Gasteiger partial charge in [0.1, 0.15) is 33.0 Å². The molecule has 25 heteroatoms. The second-order valence-electron chi connectivity index (χ2n) is 9.88. The average molecular weight is 811 g/mol. The first-order chi connectivity index (χ1) is 22.2. The van der Waals surface area contributed by atoms with E-state index in [1.54, 1.807) is 13.8 Å². The first-order valence-electron chi connectivity index (χ1n) is 14.8. The van der Waals surface area contributed by atoms with E-state index in [0.29, 0.717) is 6.61 Å². The molecule has 0 aliphatic heterocycles. The average Bonchev–Trinajstić information content (AvgIpc) is 3.00. The molecule has 1 amide bonds. The maximum atomic E-state index is 11.9. The second kappa shape index (κ2) is 30.7. The number of carbonyl (C=O) groups excluding carboxylic acids is 4. The molecule has 0 heterocycles. The highest BCUT2D eigenvalue weighted by Crippen LogP contribution is 2.65. The number of ketones is 1. The van der Waals surface area contributed by atoms with Crippen LogP contribution in [0.1, 0.15) is 79.6 Å². The molecule has 0 aliphatic rings. The normalized spacial score (nSPS) is 15.8. The quantitative estimate of drug-likeness (QED) is 0.0287. The molecule has 51 heavy (non-hydrogen) atoms. The lowest BCUT2D eigenvalue weighted by atomic mass is 10.2. The van der Waals surface area contributed by atoms with Gasteiger partial charge in [0.25, 0.3) is 0 Å². The van der Waals surface area contributed by atoms with E-state index in [1.807, 2.05) is 6.92 Å². The number of ether oxygens (including phenoxy) is 4. The maximum absolute atomic E-state index is 11.9. The van der Waals surface area contributed by atoms with Gasteiger partial charge in [-0.3, -0.25) is 23.7 Å². The van der Waals surface area contributed by atoms with E-state index in [1.165, 1.54) is 7.11 Å². The van der Waals surface area contributed by atoms with Crippen LogP contribution in [0, 0.1) is 0 Å². The second-order valence-corrected chi connectivity index (χ2v) is 15.3. The van der Waals surface area contributed by atoms with Gasteiger partial charge >= 0.3 is 19.8 Å². The molecule has 0 bridgehead atoms. The molecule has 0 aromatic carbocycles. The smallest absolute Gasteiger partial charge is 0.426 e. The Morgan fingerprint density at radius 1 is 0.902 bits per heavy atom. The van der Waals surface area contributed by atoms with Crippen LogP contribution >= 0.6 is 23.0 Å². The molecule has 0 saturated heterocycles. The number of rotatable bonds is 26. The predicted molar refractivity (Wildman–Crippen MR) is 178 cm³/mol. The van der Waals surface area contributed by atoms with Crippen molar-refractivity contribution in [3.05, 3.63) is 0 Å². The van der Waals surface area contributed by atoms with Crippen LogP contribution in [0.4, 0.5) is 0 Å². The summed E-state index contributed by atoms with van der Waals surface area (Å²) < 4.78 is 61.3. The molecule has 0 aromatic rings. The zero-order valence-electron chi connectivity index (χ0n) is 29.1. The van der Waals surface area contributed by atoms with E-state index in [0.717, 1.165) is 12.8 Å². The van der Waals surface area contributed by atoms with Crippen molar-refractivity contribution < 1.29 is 90.4 Å². The van der Waals surface area contributed by atoms with Crippen LogP contribution in [-0.2, 0) is 56.3 Å². The minimum atomic E-state index is -5.74. The Morgan fingerprint density at radius 3 is 1.96 bits per heavy atom. The van der Waals surface area contributed by atoms with Crippen LogP contribution in [-0.4, -0.2) is 108 Å². The summed E-state index contributed by atoms with van der Waals surface area (Å²) in [6, 6.07) is 0. The number of Topliss-reactive ketones (excluding diaryl/α,β-unsaturated/α-hetero) is 1. The third kappa shape index (κ3) is 28.5. The van der Waals surface area contributed by atoms with E-state index >= 15 is 0 Å². The van der Waals surface area contributed by atoms with Crippen LogP contribution in [0.15, 0.2) is 0 Å². The van der Waals surface area contributed by atoms with Crippen molar-refractivity contribution in [3.8, 4) is 0 Å². The molecule has 4 unspecified atom stereocenters. The number of hydrogen-bond donors (Lipinski definition) is 6. The van der Waals surface area contributed by atoms with Gasteiger partial charge in [-0.05, 0) is 19.3 Å². The molecule has 0 spiro atoms. The summed E-state index contributed by atoms with van der Waals surface area (Å²) in [6.45, 7) is 4.35. The number of nitrogens with one attached hydrogen (secondary N) is 1. The Bertz CT molecular complexity index is 1100. The van der Waals surface area contributed by atoms with Crippen LogP contribution in [0.25, 0.3) is 0 Å². The fraction of sp³-hybridized carbons (Fsp3) is 0.846. The fourth-order valence-electron chi connectivity index (χ4n) is 3.04. The minimum absolute atomic E-state index is 0. The van der Waals surface area contributed by atoms with E-state index in [4.69, 9.17) is 28.5 Å². The zero-order valence-corrected chi connectivity index (χ0v) is 31.8. The van der Waals surface area contributed by atoms with Gasteiger partial charge in [0, 0.05) is 45.9 Å². The summed E-state index contributed by atoms with van der Waals surface area (Å²) in [4.78, 5) is 96.0. The molecule has 22 nitrogen and oxygen atoms in total. The van der Waals surface area contributed by atoms with Gasteiger partial charge in [-0.2, -0.15) is 0 Å². The first-order valence-corrected chi connectivity index (χ1v) is 19.5. The molecule has 0 rings (SSSR count). The summed E-state index contributed by atoms with van der Waals surface area (Å²) in [5.74, 6) is -1.75. The molecule has 308 valence electrons. The molecular formula is C26H59N3O19P3-. The topological polar surface area (TPSA) is 392 Å². The highest BCUT2D eigenvalue weighted by Gasteiger charge is 2.46. The highest BCUT2D eigenvalue weighted by molar-refractivity contribution is 7.70. The number of esters is 2. The van der Waals surface area contributed by atoms with Gasteiger partial charge in [-0.15, -0.1) is 0 Å². The van der Waals surface area contributed by atoms with Crippen molar-refractivity contribution in [2.45, 2.75) is 90.8 Å². The van der Waals surface area contributed by atoms with Gasteiger partial charge in [0.2, 0.25) is 5.91 Å². The van der Waals surface area contributed by atoms with E-state index in [2.05, 4.69) is 14.6 Å². The molecule has 0 radical (unpaired) electrons. The van der Waals surface area contributed by atoms with Gasteiger partial charge in [-0.1, -0.05) is 34.6 Å². The van der Waals surface area contributed by atoms with Crippen molar-refractivity contribution in [3.63, 3.8) is 0 Å². The molecule has 4 atom stereocenters. The minimum Gasteiger partial charge on any atom is -0.776 e. The van der Waals surface area contributed by atoms with Gasteiger partial charge in [0.15, 0.2) is 32.2 Å². The van der Waals surface area contributed by atoms with Crippen molar-refractivity contribution in [2.75, 3.05) is 53.3 Å². The van der Waals surface area contributed by atoms with E-state index < -0.39 is 65.1 Å². The van der Waals surface area contributed by atoms with Gasteiger partial charge in [-0.25, -0.2) is 4.57 Å². The van der Waals surface area contributed by atoms with E-state index in [9.17, 15) is 52.7 Å². The van der Waals surface area contributed by atoms with Crippen LogP contribution in [0.2, 0.25) is 0 Å². The largest absolute Gasteiger partial charge is 0.776 e. The zero-order chi connectivity index (χ0) is 37.4. The molecular weight excluding hydrogens is 751 g/mol. The Kier molecular flexibility index (Phi) is 35.3. The lowest BCUT2D eigenvalue weighted by molar-refractivity contribution is -0.246. The molecule has 0 saturated carbocycles. The fourth-order valence-corrected chi connectivity index (χ4v) is 6.02. The summed E-state index contributed by atoms with van der Waals surface area (Å²) in [7, 11) is -14.8. The van der Waals surface area contributed by atoms with E-state index in [-0.39, 0.29) is 90.6 Å². The van der Waals surface area contributed by atoms with Crippen molar-refractivity contribution >= 4 is 46.6 Å². The Labute approximate surface area is 298 Å². The van der Waals surface area contributed by atoms with Crippen molar-refractivity contribution in [1.29, 1.82) is 0 Å². The molecule has 0 aliphatic carbocycles. The molecule has 0 aromatic heterocycles. The Balaban J connectivity index is -0.000000281. The van der Waals surface area contributed by atoms with Gasteiger partial charge in [0.05, 0.1) is 0 Å². The number of aliphatic hydroxyl groups is 2. The third-order valence-corrected chi connectivity index (χ3v) is 10.5. The number of unbranched alkanes of at least 4 members (excludes halogenated alkanes) is 1. The number of hydrogen-bond acceptors (Lipinski definition) is 17. The van der Waals surface area contributed by atoms with Crippen LogP contribution in [0.5, 0.6) is 0 Å². The highest BCUT2D eigenvalue weighted by atomic mass is 31.2. The lowest BCUT2D eigenvalue weighted by Gasteiger charge is -2.42. The number of amides is 1. The maximum Gasteiger partial charge on any atom is 0.426 e. The summed E-state index contributed by atoms with van der Waals surface area (Å²) >= 11 is 0. The van der Waals surface area contributed by atoms with Crippen LogP contribution in [0.3, 0.4) is 0 Å². The third-order valence-electron chi connectivity index (χ3n) is 5.71. The molecule has 0 fully saturated rings. The Hall–Kier alpha value is -1.71. The van der Waals surface area contributed by atoms with Crippen LogP contribution < -0.4 is 32.3 Å². The van der Waals surface area contributed by atoms with Crippen molar-refractivity contribution in [2.24, 2.45) is 0 Å². The monoisotopic (exact) mass is 810 g/mol. The number of carbonyl (C=O) groups is 4. The Morgan fingerprint density at radius 2 is 1.47 bits per heavy atom. The summed E-state index contributed by atoms with van der Waals surface area (Å²) in [5, 5.41) is 7.94. The standard InChI is InChI=1S/C18H33O10P.C7H17NO9P2.CH4.2H3N/c1-4-7-10-24-12-15(19)9-8-11-26-29(22,23)27-14-16(28-18(21)6-3)13-25-17(20)5-2;1-17-5-6(9)8-4-2-3-7(10,18(11,12)13)19(14,15)16;;;/h16H,4-14H2,1-3H3,(H,22,23);10H,2-5H2,1H3,(H,8,9)(H2,11,12,13)(H2,14,15,16);1H4;2*1H3/p-1. The van der Waals surface area contributed by atoms with Gasteiger partial charge < -0.3 is 79.8 Å². The number of quaternary nitrogens is 1. The summed E-state index contributed by atoms with van der Waals surface area (Å²) in [5.41, 5.74) is 0. The van der Waals surface area contributed by atoms with Crippen molar-refractivity contribution in [1.82, 2.24) is 17.6 Å². The molecule has 12 N–H and O–H groups in total. The first kappa shape index (κ1) is 58.6. The SMILES string of the molecule is C.CCCCOCC(=O)CCC[OH+]P(=O)([O-])OCC(COC(=O)CC)OC(=O)CC.COCC(=O)NCCCC(O)(P(=O)([O-])O)P(=O)([O-])O.N.[NH4+]. The lowest BCUT2D eigenvalue weighted by Crippen LogP contribution is -2.38.